The van der Waals surface area contributed by atoms with Crippen molar-refractivity contribution in [3.05, 3.63) is 89.3 Å². The molecule has 5 amide bonds. The largest absolute Gasteiger partial charge is 0.455 e. The van der Waals surface area contributed by atoms with E-state index in [0.29, 0.717) is 32.9 Å². The average molecular weight is 913 g/mol. The number of urea groups is 1. The first-order valence-corrected chi connectivity index (χ1v) is 21.4. The molecule has 0 bridgehead atoms. The molecule has 65 heavy (non-hydrogen) atoms. The van der Waals surface area contributed by atoms with Crippen LogP contribution in [0.5, 0.6) is 0 Å². The molecule has 3 atom stereocenters. The van der Waals surface area contributed by atoms with Gasteiger partial charge in [-0.25, -0.2) is 19.0 Å². The Labute approximate surface area is 380 Å². The Balaban J connectivity index is 1.31. The van der Waals surface area contributed by atoms with Gasteiger partial charge in [-0.05, 0) is 118 Å². The molecule has 20 heteroatoms. The lowest BCUT2D eigenvalue weighted by atomic mass is 10.0. The number of tetrazole rings is 1. The summed E-state index contributed by atoms with van der Waals surface area (Å²) in [6.45, 7) is 13.8. The van der Waals surface area contributed by atoms with Crippen LogP contribution in [0.15, 0.2) is 73.1 Å². The van der Waals surface area contributed by atoms with Crippen LogP contribution in [0.2, 0.25) is 5.02 Å². The number of benzene rings is 3. The molecule has 0 aliphatic carbocycles. The molecule has 5 aromatic rings. The van der Waals surface area contributed by atoms with Gasteiger partial charge in [-0.15, -0.1) is 5.10 Å². The van der Waals surface area contributed by atoms with Gasteiger partial charge in [-0.2, -0.15) is 4.68 Å². The van der Waals surface area contributed by atoms with Crippen LogP contribution < -0.4 is 20.9 Å². The number of aromatic nitrogens is 5. The summed E-state index contributed by atoms with van der Waals surface area (Å²) in [5, 5.41) is 30.2. The minimum Gasteiger partial charge on any atom is -0.455 e. The van der Waals surface area contributed by atoms with Gasteiger partial charge in [-0.3, -0.25) is 14.4 Å². The first-order valence-electron chi connectivity index (χ1n) is 21.0. The van der Waals surface area contributed by atoms with E-state index in [1.165, 1.54) is 39.0 Å². The summed E-state index contributed by atoms with van der Waals surface area (Å²) in [7, 11) is 0. The number of rotatable bonds is 13. The predicted molar refractivity (Wildman–Crippen MR) is 242 cm³/mol. The number of hydrogen-bond acceptors (Lipinski definition) is 12. The highest BCUT2D eigenvalue weighted by molar-refractivity contribution is 6.41. The molecule has 19 nitrogen and oxygen atoms in total. The van der Waals surface area contributed by atoms with Gasteiger partial charge in [0.1, 0.15) is 29.3 Å². The highest BCUT2D eigenvalue weighted by Crippen LogP contribution is 2.31. The zero-order valence-electron chi connectivity index (χ0n) is 37.4. The third-order valence-corrected chi connectivity index (χ3v) is 10.7. The minimum atomic E-state index is -1.24. The number of aliphatic hydroxyl groups excluding tert-OH is 1. The number of piperazine rings is 1. The van der Waals surface area contributed by atoms with Gasteiger partial charge in [0.15, 0.2) is 0 Å². The number of ether oxygens (including phenoxy) is 2. The number of anilines is 3. The molecular formula is C45H53ClN10O9. The molecule has 0 saturated carbocycles. The third kappa shape index (κ3) is 11.5. The maximum Gasteiger partial charge on any atom is 0.419 e. The number of halogens is 1. The topological polar surface area (TPSA) is 232 Å². The molecule has 344 valence electrons. The highest BCUT2D eigenvalue weighted by Gasteiger charge is 2.41. The molecular weight excluding hydrogens is 860 g/mol. The Kier molecular flexibility index (Phi) is 14.3. The van der Waals surface area contributed by atoms with E-state index in [9.17, 15) is 33.9 Å². The summed E-state index contributed by atoms with van der Waals surface area (Å²) in [6.07, 6.45) is 1.23. The van der Waals surface area contributed by atoms with Crippen molar-refractivity contribution >= 4 is 75.4 Å². The maximum absolute atomic E-state index is 14.5. The summed E-state index contributed by atoms with van der Waals surface area (Å²) < 4.78 is 13.7. The van der Waals surface area contributed by atoms with Gasteiger partial charge < -0.3 is 40.3 Å². The van der Waals surface area contributed by atoms with Crippen LogP contribution in [0.3, 0.4) is 0 Å². The van der Waals surface area contributed by atoms with Gasteiger partial charge in [0.25, 0.3) is 0 Å². The molecule has 3 heterocycles. The Bertz CT molecular complexity index is 2580. The van der Waals surface area contributed by atoms with Crippen molar-refractivity contribution < 1.29 is 43.3 Å². The first-order chi connectivity index (χ1) is 30.7. The van der Waals surface area contributed by atoms with E-state index >= 15 is 0 Å². The average Bonchev–Trinajstić information content (AvgIpc) is 3.91. The lowest BCUT2D eigenvalue weighted by Crippen LogP contribution is -2.60. The Morgan fingerprint density at radius 3 is 2.17 bits per heavy atom. The number of amides is 5. The van der Waals surface area contributed by atoms with Crippen LogP contribution in [0.25, 0.3) is 16.6 Å². The smallest absolute Gasteiger partial charge is 0.419 e. The highest BCUT2D eigenvalue weighted by atomic mass is 35.5. The van der Waals surface area contributed by atoms with E-state index in [0.717, 1.165) is 11.0 Å². The number of esters is 1. The minimum absolute atomic E-state index is 0.0230. The van der Waals surface area contributed by atoms with Crippen molar-refractivity contribution in [2.45, 2.75) is 91.5 Å². The fourth-order valence-corrected chi connectivity index (χ4v) is 7.30. The lowest BCUT2D eigenvalue weighted by molar-refractivity contribution is -0.149. The number of carbonyl (C=O) groups is 6. The molecule has 3 aromatic carbocycles. The van der Waals surface area contributed by atoms with Crippen molar-refractivity contribution in [3.63, 3.8) is 0 Å². The molecule has 1 aliphatic rings. The molecule has 0 radical (unpaired) electrons. The second kappa shape index (κ2) is 19.5. The van der Waals surface area contributed by atoms with E-state index in [-0.39, 0.29) is 49.1 Å². The molecule has 1 fully saturated rings. The zero-order valence-corrected chi connectivity index (χ0v) is 38.2. The SMILES string of the molecule is CC[C@H](C)[C@@H](CO)NC(=O)Nc1ccc(C[C@@H](C(=O)Nc2ccc3c(c2)cc(C(=O)OC(C)(C)C)n3C(=O)OC(C)(C)C)N2CCN(c3cc(Cl)ccc3-n3cnnn3)C(=O)C2=O)cc1. The zero-order chi connectivity index (χ0) is 47.4. The van der Waals surface area contributed by atoms with Crippen LogP contribution in [0.4, 0.5) is 26.7 Å². The Morgan fingerprint density at radius 1 is 0.846 bits per heavy atom. The second-order valence-corrected chi connectivity index (χ2v) is 18.1. The first kappa shape index (κ1) is 47.6. The molecule has 2 aromatic heterocycles. The van der Waals surface area contributed by atoms with E-state index in [1.54, 1.807) is 90.1 Å². The van der Waals surface area contributed by atoms with E-state index < -0.39 is 59.1 Å². The molecule has 1 saturated heterocycles. The quantitative estimate of drug-likeness (QED) is 0.0792. The van der Waals surface area contributed by atoms with E-state index in [1.807, 2.05) is 13.8 Å². The summed E-state index contributed by atoms with van der Waals surface area (Å²) in [4.78, 5) is 84.9. The van der Waals surface area contributed by atoms with Crippen molar-refractivity contribution in [3.8, 4) is 5.69 Å². The van der Waals surface area contributed by atoms with Gasteiger partial charge in [0.2, 0.25) is 5.91 Å². The normalized spacial score (nSPS) is 14.7. The van der Waals surface area contributed by atoms with Gasteiger partial charge in [0.05, 0.1) is 29.5 Å². The number of fused-ring (bicyclic) bond motifs is 1. The van der Waals surface area contributed by atoms with Crippen molar-refractivity contribution in [1.82, 2.24) is 35.0 Å². The number of nitrogens with one attached hydrogen (secondary N) is 3. The lowest BCUT2D eigenvalue weighted by Gasteiger charge is -2.38. The van der Waals surface area contributed by atoms with Gasteiger partial charge >= 0.3 is 29.9 Å². The second-order valence-electron chi connectivity index (χ2n) is 17.6. The third-order valence-electron chi connectivity index (χ3n) is 10.5. The summed E-state index contributed by atoms with van der Waals surface area (Å²) in [5.41, 5.74) is 0.414. The van der Waals surface area contributed by atoms with Crippen molar-refractivity contribution in [1.29, 1.82) is 0 Å². The van der Waals surface area contributed by atoms with E-state index in [4.69, 9.17) is 21.1 Å². The number of hydrogen-bond donors (Lipinski definition) is 4. The Morgan fingerprint density at radius 2 is 1.54 bits per heavy atom. The van der Waals surface area contributed by atoms with Crippen molar-refractivity contribution in [2.24, 2.45) is 5.92 Å². The van der Waals surface area contributed by atoms with Crippen LogP contribution in [-0.4, -0.2) is 114 Å². The summed E-state index contributed by atoms with van der Waals surface area (Å²) >= 11 is 6.35. The predicted octanol–water partition coefficient (Wildman–Crippen LogP) is 5.96. The fraction of sp³-hybridized carbons (Fsp3) is 0.400. The number of nitrogens with zero attached hydrogens (tertiary/aromatic N) is 7. The number of aliphatic hydroxyl groups is 1. The fourth-order valence-electron chi connectivity index (χ4n) is 7.14. The van der Waals surface area contributed by atoms with Crippen LogP contribution in [-0.2, 0) is 30.3 Å². The molecule has 6 rings (SSSR count). The molecule has 1 aliphatic heterocycles. The Hall–Kier alpha value is -6.86. The van der Waals surface area contributed by atoms with Crippen LogP contribution in [0.1, 0.15) is 77.9 Å². The molecule has 4 N–H and O–H groups in total. The monoisotopic (exact) mass is 912 g/mol. The summed E-state index contributed by atoms with van der Waals surface area (Å²) in [5.74, 6) is -3.24. The molecule has 0 spiro atoms. The maximum atomic E-state index is 14.5. The van der Waals surface area contributed by atoms with Gasteiger partial charge in [0, 0.05) is 41.3 Å². The number of carbonyl (C=O) groups excluding carboxylic acids is 6. The summed E-state index contributed by atoms with van der Waals surface area (Å²) in [6, 6.07) is 15.3. The molecule has 0 unspecified atom stereocenters. The van der Waals surface area contributed by atoms with Crippen LogP contribution in [0, 0.1) is 5.92 Å². The van der Waals surface area contributed by atoms with Crippen molar-refractivity contribution in [2.75, 3.05) is 35.2 Å². The van der Waals surface area contributed by atoms with Gasteiger partial charge in [-0.1, -0.05) is 44.0 Å². The van der Waals surface area contributed by atoms with E-state index in [2.05, 4.69) is 31.5 Å². The standard InChI is InChI=1S/C45H53ClN10O9/c1-9-26(2)32(24-57)50-42(62)49-30-13-10-27(11-14-30)20-36(54-19-18-53(39(59)40(54)60)35-23-29(46)12-16-34(35)55-25-47-51-52-55)38(58)48-31-15-17-33-28(21-31)22-37(41(61)64-44(3,4)5)56(33)43(63)65-45(6,7)8/h10-17,21-23,25-26,32,36,57H,9,18-20,24H2,1-8H3,(H,48,58)(H2,49,50,62)/t26-,32+,36-/m0/s1. The van der Waals surface area contributed by atoms with Crippen LogP contribution >= 0.6 is 11.6 Å².